The predicted molar refractivity (Wildman–Crippen MR) is 51.0 cm³/mol. The molecule has 1 aliphatic rings. The zero-order valence-corrected chi connectivity index (χ0v) is 7.01. The van der Waals surface area contributed by atoms with Crippen LogP contribution in [0.2, 0.25) is 0 Å². The zero-order chi connectivity index (χ0) is 9.54. The van der Waals surface area contributed by atoms with Crippen LogP contribution in [-0.2, 0) is 0 Å². The minimum Gasteiger partial charge on any atom is -0.316 e. The second kappa shape index (κ2) is 2.38. The number of hydrogen-bond donors (Lipinski definition) is 1. The molecule has 0 amide bonds. The zero-order valence-electron chi connectivity index (χ0n) is 7.01. The number of aromatic nitrogens is 3. The van der Waals surface area contributed by atoms with Gasteiger partial charge in [-0.2, -0.15) is 4.98 Å². The normalized spacial score (nSPS) is 12.9. The molecule has 0 radical (unpaired) electrons. The lowest BCUT2D eigenvalue weighted by Crippen LogP contribution is -2.17. The molecule has 0 fully saturated rings. The van der Waals surface area contributed by atoms with Gasteiger partial charge in [0.25, 0.3) is 5.56 Å². The van der Waals surface area contributed by atoms with Crippen molar-refractivity contribution >= 4 is 23.8 Å². The lowest BCUT2D eigenvalue weighted by molar-refractivity contribution is 0.993. The van der Waals surface area contributed by atoms with Gasteiger partial charge in [0.05, 0.1) is 11.9 Å². The first-order valence-electron chi connectivity index (χ1n) is 4.02. The Labute approximate surface area is 78.0 Å². The molecule has 6 nitrogen and oxygen atoms in total. The summed E-state index contributed by atoms with van der Waals surface area (Å²) in [4.78, 5) is 23.0. The van der Waals surface area contributed by atoms with E-state index in [1.165, 1.54) is 12.4 Å². The van der Waals surface area contributed by atoms with Crippen LogP contribution in [0, 0.1) is 0 Å². The van der Waals surface area contributed by atoms with Crippen LogP contribution in [0.25, 0.3) is 5.52 Å². The maximum atomic E-state index is 11.2. The van der Waals surface area contributed by atoms with Crippen LogP contribution in [-0.4, -0.2) is 20.7 Å². The van der Waals surface area contributed by atoms with E-state index < -0.39 is 0 Å². The van der Waals surface area contributed by atoms with E-state index in [9.17, 15) is 4.79 Å². The first-order chi connectivity index (χ1) is 6.84. The smallest absolute Gasteiger partial charge is 0.275 e. The molecular weight excluding hydrogens is 182 g/mol. The number of hydrogen-bond acceptors (Lipinski definition) is 5. The maximum absolute atomic E-state index is 11.2. The molecule has 2 aromatic rings. The second-order valence-electron chi connectivity index (χ2n) is 2.83. The molecule has 0 aliphatic carbocycles. The Morgan fingerprint density at radius 1 is 1.43 bits per heavy atom. The monoisotopic (exact) mass is 187 g/mol. The Morgan fingerprint density at radius 3 is 3.29 bits per heavy atom. The lowest BCUT2D eigenvalue weighted by Gasteiger charge is -2.11. The molecule has 3 rings (SSSR count). The van der Waals surface area contributed by atoms with Crippen LogP contribution >= 0.6 is 0 Å². The molecule has 0 atom stereocenters. The van der Waals surface area contributed by atoms with Crippen LogP contribution in [0.15, 0.2) is 28.1 Å². The quantitative estimate of drug-likeness (QED) is 0.638. The molecule has 0 bridgehead atoms. The highest BCUT2D eigenvalue weighted by Gasteiger charge is 2.09. The van der Waals surface area contributed by atoms with E-state index in [2.05, 4.69) is 20.3 Å². The molecule has 3 heterocycles. The fraction of sp³-hybridized carbons (Fsp3) is 0. The molecule has 1 N–H and O–H groups in total. The number of anilines is 1. The first kappa shape index (κ1) is 7.19. The Balaban J connectivity index is 2.59. The summed E-state index contributed by atoms with van der Waals surface area (Å²) < 4.78 is 1.68. The fourth-order valence-corrected chi connectivity index (χ4v) is 1.41. The third-order valence-electron chi connectivity index (χ3n) is 1.97. The van der Waals surface area contributed by atoms with Crippen LogP contribution in [0.3, 0.4) is 0 Å². The number of nitrogens with zero attached hydrogens (tertiary/aromatic N) is 4. The first-order valence-corrected chi connectivity index (χ1v) is 4.02. The molecule has 2 aromatic heterocycles. The highest BCUT2D eigenvalue weighted by atomic mass is 16.1. The Morgan fingerprint density at radius 2 is 2.36 bits per heavy atom. The minimum atomic E-state index is -0.278. The van der Waals surface area contributed by atoms with Gasteiger partial charge in [-0.05, 0) is 6.07 Å². The summed E-state index contributed by atoms with van der Waals surface area (Å²) >= 11 is 0. The van der Waals surface area contributed by atoms with E-state index in [1.807, 2.05) is 0 Å². The molecule has 0 aromatic carbocycles. The lowest BCUT2D eigenvalue weighted by atomic mass is 10.4. The van der Waals surface area contributed by atoms with Crippen molar-refractivity contribution in [2.24, 2.45) is 4.99 Å². The second-order valence-corrected chi connectivity index (χ2v) is 2.83. The average molecular weight is 187 g/mol. The van der Waals surface area contributed by atoms with Gasteiger partial charge >= 0.3 is 0 Å². The SMILES string of the molecule is O=c1cc2ccnc3n2c(n1)NC=N3. The van der Waals surface area contributed by atoms with Gasteiger partial charge in [-0.3, -0.25) is 4.79 Å². The van der Waals surface area contributed by atoms with Gasteiger partial charge in [-0.15, -0.1) is 0 Å². The van der Waals surface area contributed by atoms with Gasteiger partial charge in [-0.1, -0.05) is 0 Å². The van der Waals surface area contributed by atoms with Crippen LogP contribution < -0.4 is 10.9 Å². The molecule has 68 valence electrons. The molecule has 0 saturated heterocycles. The molecule has 14 heavy (non-hydrogen) atoms. The average Bonchev–Trinajstić information content (AvgIpc) is 2.18. The van der Waals surface area contributed by atoms with Crippen molar-refractivity contribution < 1.29 is 0 Å². The topological polar surface area (TPSA) is 71.7 Å². The molecular formula is C8H5N5O. The summed E-state index contributed by atoms with van der Waals surface area (Å²) in [5.74, 6) is 0.967. The molecule has 0 spiro atoms. The minimum absolute atomic E-state index is 0.278. The Hall–Kier alpha value is -2.24. The van der Waals surface area contributed by atoms with Gasteiger partial charge < -0.3 is 5.32 Å². The third-order valence-corrected chi connectivity index (χ3v) is 1.97. The van der Waals surface area contributed by atoms with Crippen molar-refractivity contribution in [1.82, 2.24) is 14.4 Å². The molecule has 0 saturated carbocycles. The van der Waals surface area contributed by atoms with Crippen molar-refractivity contribution in [1.29, 1.82) is 0 Å². The van der Waals surface area contributed by atoms with Crippen molar-refractivity contribution in [2.75, 3.05) is 5.32 Å². The summed E-state index contributed by atoms with van der Waals surface area (Å²) in [7, 11) is 0. The molecule has 6 heteroatoms. The Kier molecular flexibility index (Phi) is 1.22. The summed E-state index contributed by atoms with van der Waals surface area (Å²) in [5, 5.41) is 2.79. The van der Waals surface area contributed by atoms with E-state index in [1.54, 1.807) is 16.7 Å². The van der Waals surface area contributed by atoms with Gasteiger partial charge in [0.1, 0.15) is 0 Å². The van der Waals surface area contributed by atoms with Crippen molar-refractivity contribution in [2.45, 2.75) is 0 Å². The summed E-state index contributed by atoms with van der Waals surface area (Å²) in [6.45, 7) is 0. The van der Waals surface area contributed by atoms with Gasteiger partial charge in [0.15, 0.2) is 0 Å². The number of nitrogens with one attached hydrogen (secondary N) is 1. The molecule has 0 unspecified atom stereocenters. The number of aliphatic imine (C=N–C) groups is 1. The Bertz CT molecular complexity index is 600. The van der Waals surface area contributed by atoms with Crippen molar-refractivity contribution in [3.8, 4) is 0 Å². The van der Waals surface area contributed by atoms with Crippen LogP contribution in [0.1, 0.15) is 0 Å². The van der Waals surface area contributed by atoms with E-state index in [0.29, 0.717) is 11.9 Å². The standard InChI is InChI=1S/C8H5N5O/c14-6-3-5-1-2-9-7-10-4-11-8(12-6)13(5)7/h1-4H,(H,9,10,11,12,14). The van der Waals surface area contributed by atoms with Gasteiger partial charge in [-0.25, -0.2) is 14.4 Å². The highest BCUT2D eigenvalue weighted by molar-refractivity contribution is 5.78. The van der Waals surface area contributed by atoms with Crippen LogP contribution in [0.4, 0.5) is 11.9 Å². The van der Waals surface area contributed by atoms with E-state index in [4.69, 9.17) is 0 Å². The molecule has 1 aliphatic heterocycles. The summed E-state index contributed by atoms with van der Waals surface area (Å²) in [5.41, 5.74) is 0.453. The van der Waals surface area contributed by atoms with Crippen LogP contribution in [0.5, 0.6) is 0 Å². The predicted octanol–water partition coefficient (Wildman–Crippen LogP) is 0.175. The number of rotatable bonds is 0. The largest absolute Gasteiger partial charge is 0.316 e. The summed E-state index contributed by atoms with van der Waals surface area (Å²) in [6.07, 6.45) is 3.07. The van der Waals surface area contributed by atoms with E-state index in [-0.39, 0.29) is 5.56 Å². The van der Waals surface area contributed by atoms with Gasteiger partial charge in [0.2, 0.25) is 11.9 Å². The summed E-state index contributed by atoms with van der Waals surface area (Å²) in [6, 6.07) is 3.18. The maximum Gasteiger partial charge on any atom is 0.275 e. The van der Waals surface area contributed by atoms with E-state index in [0.717, 1.165) is 5.52 Å². The van der Waals surface area contributed by atoms with Gasteiger partial charge in [0, 0.05) is 12.3 Å². The van der Waals surface area contributed by atoms with Crippen molar-refractivity contribution in [3.63, 3.8) is 0 Å². The third kappa shape index (κ3) is 0.846. The van der Waals surface area contributed by atoms with Crippen molar-refractivity contribution in [3.05, 3.63) is 28.7 Å². The van der Waals surface area contributed by atoms with E-state index >= 15 is 0 Å². The fourth-order valence-electron chi connectivity index (χ4n) is 1.41. The highest BCUT2D eigenvalue weighted by Crippen LogP contribution is 2.17.